The summed E-state index contributed by atoms with van der Waals surface area (Å²) in [6.07, 6.45) is 2.83. The van der Waals surface area contributed by atoms with Gasteiger partial charge in [0.1, 0.15) is 5.69 Å². The van der Waals surface area contributed by atoms with E-state index in [1.54, 1.807) is 29.9 Å². The summed E-state index contributed by atoms with van der Waals surface area (Å²) in [7, 11) is -1.69. The Morgan fingerprint density at radius 1 is 1.27 bits per heavy atom. The summed E-state index contributed by atoms with van der Waals surface area (Å²) in [6.45, 7) is 0.496. The van der Waals surface area contributed by atoms with E-state index < -0.39 is 21.8 Å². The number of nitrogens with zero attached hydrogens (tertiary/aromatic N) is 3. The third kappa shape index (κ3) is 3.47. The molecule has 0 saturated carbocycles. The fourth-order valence-electron chi connectivity index (χ4n) is 2.50. The van der Waals surface area contributed by atoms with Gasteiger partial charge >= 0.3 is 0 Å². The third-order valence-electron chi connectivity index (χ3n) is 3.81. The molecule has 0 aliphatic carbocycles. The molecule has 1 unspecified atom stereocenters. The molecular weight excluding hydrogens is 308 g/mol. The Labute approximate surface area is 129 Å². The minimum Gasteiger partial charge on any atom is -0.369 e. The molecular formula is C13H20N4O4S. The Morgan fingerprint density at radius 2 is 1.95 bits per heavy atom. The van der Waals surface area contributed by atoms with Crippen LogP contribution in [0.3, 0.4) is 0 Å². The van der Waals surface area contributed by atoms with Crippen LogP contribution >= 0.6 is 0 Å². The van der Waals surface area contributed by atoms with Gasteiger partial charge in [-0.25, -0.2) is 8.42 Å². The molecule has 0 spiro atoms. The first-order chi connectivity index (χ1) is 10.2. The van der Waals surface area contributed by atoms with Gasteiger partial charge in [0, 0.05) is 39.4 Å². The van der Waals surface area contributed by atoms with Crippen LogP contribution in [0.15, 0.2) is 18.3 Å². The van der Waals surface area contributed by atoms with E-state index >= 15 is 0 Å². The second kappa shape index (κ2) is 6.09. The predicted octanol–water partition coefficient (Wildman–Crippen LogP) is -1.16. The second-order valence-corrected chi connectivity index (χ2v) is 7.46. The highest BCUT2D eigenvalue weighted by Crippen LogP contribution is 2.15. The lowest BCUT2D eigenvalue weighted by atomic mass is 10.1. The van der Waals surface area contributed by atoms with E-state index in [0.29, 0.717) is 5.69 Å². The number of sulfonamides is 1. The van der Waals surface area contributed by atoms with E-state index in [9.17, 15) is 18.0 Å². The minimum absolute atomic E-state index is 0.00504. The van der Waals surface area contributed by atoms with Crippen LogP contribution in [0.1, 0.15) is 10.5 Å². The van der Waals surface area contributed by atoms with Gasteiger partial charge in [0.05, 0.1) is 12.2 Å². The first-order valence-corrected chi connectivity index (χ1v) is 8.70. The Morgan fingerprint density at radius 3 is 2.45 bits per heavy atom. The Bertz CT molecular complexity index is 682. The lowest BCUT2D eigenvalue weighted by molar-refractivity contribution is -0.122. The smallest absolute Gasteiger partial charge is 0.270 e. The van der Waals surface area contributed by atoms with Gasteiger partial charge in [0.15, 0.2) is 0 Å². The van der Waals surface area contributed by atoms with Crippen molar-refractivity contribution in [1.82, 2.24) is 13.8 Å². The molecule has 1 aromatic heterocycles. The van der Waals surface area contributed by atoms with Crippen molar-refractivity contribution in [2.75, 3.05) is 32.4 Å². The van der Waals surface area contributed by atoms with Crippen LogP contribution in [0, 0.1) is 5.92 Å². The summed E-state index contributed by atoms with van der Waals surface area (Å²) < 4.78 is 26.3. The maximum Gasteiger partial charge on any atom is 0.270 e. The molecule has 2 heterocycles. The van der Waals surface area contributed by atoms with E-state index in [0.717, 1.165) is 6.26 Å². The summed E-state index contributed by atoms with van der Waals surface area (Å²) in [4.78, 5) is 25.6. The topological polar surface area (TPSA) is 106 Å². The average Bonchev–Trinajstić information content (AvgIpc) is 2.71. The number of rotatable bonds is 3. The SMILES string of the molecule is Cn1cccc1C(=O)N1CCN(S(C)(=O)=O)CC(C(N)=O)C1. The van der Waals surface area contributed by atoms with Gasteiger partial charge in [-0.15, -0.1) is 0 Å². The summed E-state index contributed by atoms with van der Waals surface area (Å²) in [5, 5.41) is 0. The maximum atomic E-state index is 12.5. The van der Waals surface area contributed by atoms with Gasteiger partial charge < -0.3 is 15.2 Å². The zero-order valence-electron chi connectivity index (χ0n) is 12.6. The molecule has 0 radical (unpaired) electrons. The molecule has 2 amide bonds. The Kier molecular flexibility index (Phi) is 4.57. The van der Waals surface area contributed by atoms with Crippen LogP contribution in [0.2, 0.25) is 0 Å². The summed E-state index contributed by atoms with van der Waals surface area (Å²) >= 11 is 0. The minimum atomic E-state index is -3.44. The number of hydrogen-bond donors (Lipinski definition) is 1. The predicted molar refractivity (Wildman–Crippen MR) is 80.4 cm³/mol. The van der Waals surface area contributed by atoms with Crippen molar-refractivity contribution in [3.05, 3.63) is 24.0 Å². The Hall–Kier alpha value is -1.87. The number of amides is 2. The van der Waals surface area contributed by atoms with E-state index in [2.05, 4.69) is 0 Å². The molecule has 122 valence electrons. The van der Waals surface area contributed by atoms with Crippen LogP contribution in [0.25, 0.3) is 0 Å². The van der Waals surface area contributed by atoms with Crippen molar-refractivity contribution in [3.63, 3.8) is 0 Å². The molecule has 0 bridgehead atoms. The number of carbonyl (C=O) groups excluding carboxylic acids is 2. The van der Waals surface area contributed by atoms with Crippen molar-refractivity contribution in [2.24, 2.45) is 18.7 Å². The third-order valence-corrected chi connectivity index (χ3v) is 5.08. The van der Waals surface area contributed by atoms with E-state index in [-0.39, 0.29) is 32.1 Å². The van der Waals surface area contributed by atoms with Gasteiger partial charge in [-0.2, -0.15) is 4.31 Å². The summed E-state index contributed by atoms with van der Waals surface area (Å²) in [6, 6.07) is 3.43. The molecule has 0 aromatic carbocycles. The van der Waals surface area contributed by atoms with Crippen LogP contribution < -0.4 is 5.73 Å². The van der Waals surface area contributed by atoms with Crippen molar-refractivity contribution in [1.29, 1.82) is 0 Å². The standard InChI is InChI=1S/C13H20N4O4S/c1-15-5-3-4-11(15)13(19)16-6-7-17(22(2,20)21)9-10(8-16)12(14)18/h3-5,10H,6-9H2,1-2H3,(H2,14,18). The molecule has 8 nitrogen and oxygen atoms in total. The van der Waals surface area contributed by atoms with Gasteiger partial charge in [0.25, 0.3) is 5.91 Å². The lowest BCUT2D eigenvalue weighted by Gasteiger charge is -2.22. The largest absolute Gasteiger partial charge is 0.369 e. The number of hydrogen-bond acceptors (Lipinski definition) is 4. The maximum absolute atomic E-state index is 12.5. The second-order valence-electron chi connectivity index (χ2n) is 5.48. The highest BCUT2D eigenvalue weighted by Gasteiger charge is 2.33. The molecule has 1 aliphatic rings. The monoisotopic (exact) mass is 328 g/mol. The number of nitrogens with two attached hydrogens (primary N) is 1. The van der Waals surface area contributed by atoms with Gasteiger partial charge in [-0.3, -0.25) is 9.59 Å². The lowest BCUT2D eigenvalue weighted by Crippen LogP contribution is -2.41. The molecule has 1 fully saturated rings. The molecule has 2 N–H and O–H groups in total. The van der Waals surface area contributed by atoms with Crippen LogP contribution in [0.4, 0.5) is 0 Å². The van der Waals surface area contributed by atoms with Crippen molar-refractivity contribution >= 4 is 21.8 Å². The van der Waals surface area contributed by atoms with E-state index in [1.165, 1.54) is 9.21 Å². The van der Waals surface area contributed by atoms with Gasteiger partial charge in [-0.1, -0.05) is 0 Å². The number of aromatic nitrogens is 1. The van der Waals surface area contributed by atoms with Crippen LogP contribution in [-0.4, -0.2) is 66.4 Å². The van der Waals surface area contributed by atoms with E-state index in [1.807, 2.05) is 0 Å². The fourth-order valence-corrected chi connectivity index (χ4v) is 3.36. The van der Waals surface area contributed by atoms with Gasteiger partial charge in [-0.05, 0) is 12.1 Å². The summed E-state index contributed by atoms with van der Waals surface area (Å²) in [5.41, 5.74) is 5.83. The number of primary amides is 1. The quantitative estimate of drug-likeness (QED) is 0.756. The molecule has 1 atom stereocenters. The van der Waals surface area contributed by atoms with E-state index in [4.69, 9.17) is 5.73 Å². The zero-order valence-corrected chi connectivity index (χ0v) is 13.4. The fraction of sp³-hybridized carbons (Fsp3) is 0.538. The van der Waals surface area contributed by atoms with Crippen molar-refractivity contribution in [3.8, 4) is 0 Å². The Balaban J connectivity index is 2.25. The van der Waals surface area contributed by atoms with Crippen molar-refractivity contribution < 1.29 is 18.0 Å². The number of carbonyl (C=O) groups is 2. The average molecular weight is 328 g/mol. The highest BCUT2D eigenvalue weighted by atomic mass is 32.2. The number of aryl methyl sites for hydroxylation is 1. The van der Waals surface area contributed by atoms with Crippen molar-refractivity contribution in [2.45, 2.75) is 0 Å². The molecule has 9 heteroatoms. The molecule has 22 heavy (non-hydrogen) atoms. The highest BCUT2D eigenvalue weighted by molar-refractivity contribution is 7.88. The van der Waals surface area contributed by atoms with Crippen LogP contribution in [0.5, 0.6) is 0 Å². The molecule has 2 rings (SSSR count). The first kappa shape index (κ1) is 16.5. The zero-order chi connectivity index (χ0) is 16.5. The molecule has 1 aromatic rings. The summed E-state index contributed by atoms with van der Waals surface area (Å²) in [5.74, 6) is -1.57. The molecule has 1 saturated heterocycles. The van der Waals surface area contributed by atoms with Gasteiger partial charge in [0.2, 0.25) is 15.9 Å². The normalized spacial score (nSPS) is 20.6. The molecule has 1 aliphatic heterocycles. The van der Waals surface area contributed by atoms with Crippen LogP contribution in [-0.2, 0) is 21.9 Å². The first-order valence-electron chi connectivity index (χ1n) is 6.85.